The second-order valence-electron chi connectivity index (χ2n) is 12.3. The van der Waals surface area contributed by atoms with Gasteiger partial charge in [-0.2, -0.15) is 17.6 Å². The van der Waals surface area contributed by atoms with Gasteiger partial charge in [0.15, 0.2) is 0 Å². The average molecular weight is 633 g/mol. The van der Waals surface area contributed by atoms with Gasteiger partial charge in [-0.05, 0) is 36.2 Å². The molecule has 0 aromatic carbocycles. The fraction of sp³-hybridized carbons (Fsp3) is 0.760. The third kappa shape index (κ3) is 7.75. The summed E-state index contributed by atoms with van der Waals surface area (Å²) in [6.07, 6.45) is -5.67. The van der Waals surface area contributed by atoms with Crippen LogP contribution >= 0.6 is 0 Å². The van der Waals surface area contributed by atoms with Gasteiger partial charge >= 0.3 is 12.1 Å². The van der Waals surface area contributed by atoms with Crippen LogP contribution in [-0.2, 0) is 29.0 Å². The van der Waals surface area contributed by atoms with Gasteiger partial charge in [-0.25, -0.2) is 17.2 Å². The fourth-order valence-corrected chi connectivity index (χ4v) is 6.19. The van der Waals surface area contributed by atoms with E-state index in [0.717, 1.165) is 4.90 Å². The number of carbonyl (C=O) groups is 4. The lowest BCUT2D eigenvalue weighted by Crippen LogP contribution is -2.60. The van der Waals surface area contributed by atoms with E-state index in [1.807, 2.05) is 0 Å². The molecule has 1 saturated carbocycles. The number of rotatable bonds is 8. The largest absolute Gasteiger partial charge is 0.471 e. The van der Waals surface area contributed by atoms with E-state index >= 15 is 0 Å². The molecule has 0 spiro atoms. The second kappa shape index (κ2) is 11.7. The molecule has 6 atom stereocenters. The molecule has 238 valence electrons. The van der Waals surface area contributed by atoms with Crippen molar-refractivity contribution in [3.05, 3.63) is 11.2 Å². The Kier molecular flexibility index (Phi) is 9.36. The van der Waals surface area contributed by atoms with Crippen molar-refractivity contribution in [2.45, 2.75) is 76.7 Å². The molecule has 17 heteroatoms. The molecule has 4 amide bonds. The molecule has 2 saturated heterocycles. The maximum Gasteiger partial charge on any atom is 0.471 e. The number of hydrogen-bond donors (Lipinski definition) is 3. The molecule has 2 heterocycles. The standard InChI is InChI=1S/C25H34F6N4O6S/c1-23(2,3)18(34-22(39)25(29,30)31)21(38)35-11-13-9-24(27,28)10-15(13)17(35)20(37)33-14(8-16(26)42(4,40)41)7-12-5-6-32-19(12)36/h8,12-15,17-18H,5-7,9-11H2,1-4H3,(H,32,36)(H,33,37)(H,34,39)/b16-8-/t12-,13-,14-,15-,17+,18-/m0/s1. The number of carbonyl (C=O) groups excluding carboxylic acids is 4. The monoisotopic (exact) mass is 632 g/mol. The summed E-state index contributed by atoms with van der Waals surface area (Å²) in [5.74, 6) is -11.0. The molecule has 0 bridgehead atoms. The van der Waals surface area contributed by atoms with Crippen LogP contribution in [0.5, 0.6) is 0 Å². The van der Waals surface area contributed by atoms with Gasteiger partial charge in [0, 0.05) is 38.1 Å². The molecule has 10 nitrogen and oxygen atoms in total. The molecule has 3 fully saturated rings. The molecule has 1 aliphatic carbocycles. The molecule has 0 aromatic heterocycles. The highest BCUT2D eigenvalue weighted by atomic mass is 32.2. The third-order valence-electron chi connectivity index (χ3n) is 7.79. The fourth-order valence-electron chi connectivity index (χ4n) is 5.78. The van der Waals surface area contributed by atoms with E-state index in [9.17, 15) is 53.9 Å². The van der Waals surface area contributed by atoms with Crippen molar-refractivity contribution in [3.8, 4) is 0 Å². The normalized spacial score (nSPS) is 27.7. The summed E-state index contributed by atoms with van der Waals surface area (Å²) in [5.41, 5.74) is -1.31. The molecule has 42 heavy (non-hydrogen) atoms. The quantitative estimate of drug-likeness (QED) is 0.349. The highest BCUT2D eigenvalue weighted by Gasteiger charge is 2.59. The van der Waals surface area contributed by atoms with Crippen LogP contribution in [0.3, 0.4) is 0 Å². The highest BCUT2D eigenvalue weighted by Crippen LogP contribution is 2.50. The highest BCUT2D eigenvalue weighted by molar-refractivity contribution is 7.94. The zero-order chi connectivity index (χ0) is 32.0. The summed E-state index contributed by atoms with van der Waals surface area (Å²) in [4.78, 5) is 52.0. The number of alkyl halides is 5. The Balaban J connectivity index is 1.97. The predicted molar refractivity (Wildman–Crippen MR) is 136 cm³/mol. The van der Waals surface area contributed by atoms with Gasteiger partial charge in [0.05, 0.1) is 6.04 Å². The average Bonchev–Trinajstić information content (AvgIpc) is 3.45. The third-order valence-corrected chi connectivity index (χ3v) is 8.63. The Morgan fingerprint density at radius 3 is 2.26 bits per heavy atom. The van der Waals surface area contributed by atoms with Gasteiger partial charge in [0.1, 0.15) is 12.1 Å². The van der Waals surface area contributed by atoms with Crippen LogP contribution in [0.4, 0.5) is 26.3 Å². The second-order valence-corrected chi connectivity index (χ2v) is 14.2. The lowest BCUT2D eigenvalue weighted by molar-refractivity contribution is -0.176. The van der Waals surface area contributed by atoms with Crippen LogP contribution in [0.1, 0.15) is 46.5 Å². The minimum atomic E-state index is -5.33. The number of nitrogens with zero attached hydrogens (tertiary/aromatic N) is 1. The number of hydrogen-bond acceptors (Lipinski definition) is 6. The van der Waals surface area contributed by atoms with E-state index in [2.05, 4.69) is 10.6 Å². The first-order chi connectivity index (χ1) is 19.0. The van der Waals surface area contributed by atoms with Gasteiger partial charge in [-0.1, -0.05) is 20.8 Å². The first kappa shape index (κ1) is 33.6. The van der Waals surface area contributed by atoms with Gasteiger partial charge in [-0.15, -0.1) is 0 Å². The first-order valence-corrected chi connectivity index (χ1v) is 15.1. The van der Waals surface area contributed by atoms with E-state index in [1.54, 1.807) is 5.32 Å². The summed E-state index contributed by atoms with van der Waals surface area (Å²) in [5, 5.41) is 4.95. The number of sulfone groups is 1. The van der Waals surface area contributed by atoms with Gasteiger partial charge in [-0.3, -0.25) is 19.2 Å². The van der Waals surface area contributed by atoms with Gasteiger partial charge < -0.3 is 20.9 Å². The van der Waals surface area contributed by atoms with Crippen LogP contribution in [0.2, 0.25) is 0 Å². The molecule has 2 aliphatic heterocycles. The summed E-state index contributed by atoms with van der Waals surface area (Å²) < 4.78 is 106. The van der Waals surface area contributed by atoms with E-state index in [-0.39, 0.29) is 19.4 Å². The Morgan fingerprint density at radius 1 is 1.14 bits per heavy atom. The van der Waals surface area contributed by atoms with E-state index in [0.29, 0.717) is 12.3 Å². The number of amides is 4. The molecule has 0 unspecified atom stereocenters. The molecule has 0 aromatic rings. The number of halogens is 6. The summed E-state index contributed by atoms with van der Waals surface area (Å²) in [6, 6.07) is -4.87. The summed E-state index contributed by atoms with van der Waals surface area (Å²) in [6.45, 7) is 3.97. The van der Waals surface area contributed by atoms with Crippen LogP contribution in [-0.4, -0.2) is 86.5 Å². The zero-order valence-electron chi connectivity index (χ0n) is 23.4. The number of likely N-dealkylation sites (tertiary alicyclic amines) is 1. The van der Waals surface area contributed by atoms with E-state index in [1.165, 1.54) is 20.8 Å². The molecule has 3 rings (SSSR count). The van der Waals surface area contributed by atoms with Crippen molar-refractivity contribution in [1.29, 1.82) is 0 Å². The summed E-state index contributed by atoms with van der Waals surface area (Å²) >= 11 is 0. The SMILES string of the molecule is CC(C)(C)[C@@H](NC(=O)C(F)(F)F)C(=O)N1C[C@@H]2CC(F)(F)C[C@@H]2[C@@H]1C(=O)N[C@H](/C=C(/F)S(C)(=O)=O)C[C@@H]1CCNC1=O. The van der Waals surface area contributed by atoms with Gasteiger partial charge in [0.25, 0.3) is 0 Å². The van der Waals surface area contributed by atoms with E-state index < -0.39 is 111 Å². The minimum Gasteiger partial charge on any atom is -0.356 e. The zero-order valence-corrected chi connectivity index (χ0v) is 24.2. The molecule has 0 radical (unpaired) electrons. The van der Waals surface area contributed by atoms with Crippen molar-refractivity contribution >= 4 is 33.5 Å². The Morgan fingerprint density at radius 2 is 1.76 bits per heavy atom. The first-order valence-electron chi connectivity index (χ1n) is 13.2. The molecule has 3 N–H and O–H groups in total. The Hall–Kier alpha value is -2.85. The van der Waals surface area contributed by atoms with Crippen molar-refractivity contribution in [2.75, 3.05) is 19.3 Å². The lowest BCUT2D eigenvalue weighted by Gasteiger charge is -2.37. The molecule has 3 aliphatic rings. The number of fused-ring (bicyclic) bond motifs is 1. The van der Waals surface area contributed by atoms with Crippen molar-refractivity contribution < 1.29 is 53.9 Å². The maximum absolute atomic E-state index is 14.5. The van der Waals surface area contributed by atoms with E-state index in [4.69, 9.17) is 0 Å². The minimum absolute atomic E-state index is 0.252. The number of nitrogens with one attached hydrogen (secondary N) is 3. The van der Waals surface area contributed by atoms with Crippen LogP contribution < -0.4 is 16.0 Å². The lowest BCUT2D eigenvalue weighted by atomic mass is 9.85. The van der Waals surface area contributed by atoms with Crippen LogP contribution in [0.25, 0.3) is 0 Å². The van der Waals surface area contributed by atoms with Crippen molar-refractivity contribution in [2.24, 2.45) is 23.2 Å². The topological polar surface area (TPSA) is 142 Å². The van der Waals surface area contributed by atoms with Crippen molar-refractivity contribution in [3.63, 3.8) is 0 Å². The van der Waals surface area contributed by atoms with Crippen LogP contribution in [0, 0.1) is 23.2 Å². The maximum atomic E-state index is 14.5. The van der Waals surface area contributed by atoms with Crippen molar-refractivity contribution in [1.82, 2.24) is 20.9 Å². The molecular weight excluding hydrogens is 598 g/mol. The smallest absolute Gasteiger partial charge is 0.356 e. The predicted octanol–water partition coefficient (Wildman–Crippen LogP) is 1.82. The van der Waals surface area contributed by atoms with Crippen LogP contribution in [0.15, 0.2) is 11.2 Å². The van der Waals surface area contributed by atoms with Gasteiger partial charge in [0.2, 0.25) is 38.6 Å². The Labute approximate surface area is 238 Å². The molecular formula is C25H34F6N4O6S. The summed E-state index contributed by atoms with van der Waals surface area (Å²) in [7, 11) is -4.36. The Bertz CT molecular complexity index is 1250.